The quantitative estimate of drug-likeness (QED) is 0.581. The molecule has 3 aromatic rings. The van der Waals surface area contributed by atoms with Gasteiger partial charge in [-0.2, -0.15) is 0 Å². The van der Waals surface area contributed by atoms with Crippen molar-refractivity contribution < 1.29 is 19.1 Å². The van der Waals surface area contributed by atoms with Crippen LogP contribution in [0.1, 0.15) is 12.8 Å². The summed E-state index contributed by atoms with van der Waals surface area (Å²) in [7, 11) is 0. The predicted octanol–water partition coefficient (Wildman–Crippen LogP) is 4.54. The molecule has 0 aromatic heterocycles. The molecule has 1 saturated heterocycles. The largest absolute Gasteiger partial charge is 0.454 e. The molecule has 2 aliphatic rings. The van der Waals surface area contributed by atoms with Crippen molar-refractivity contribution in [3.05, 3.63) is 60.7 Å². The van der Waals surface area contributed by atoms with Crippen molar-refractivity contribution in [1.82, 2.24) is 4.90 Å². The Morgan fingerprint density at radius 2 is 1.72 bits per heavy atom. The van der Waals surface area contributed by atoms with E-state index in [1.807, 2.05) is 23.1 Å². The number of carbonyl (C=O) groups is 2. The van der Waals surface area contributed by atoms with Gasteiger partial charge in [0.05, 0.1) is 5.75 Å². The van der Waals surface area contributed by atoms with Crippen molar-refractivity contribution >= 4 is 40.0 Å². The van der Waals surface area contributed by atoms with Crippen LogP contribution in [0.4, 0.5) is 5.69 Å². The number of nitrogens with zero attached hydrogens (tertiary/aromatic N) is 1. The Hall–Kier alpha value is -3.19. The molecular formula is C25H24N2O4S. The number of hydrogen-bond donors (Lipinski definition) is 1. The van der Waals surface area contributed by atoms with Crippen molar-refractivity contribution in [3.63, 3.8) is 0 Å². The summed E-state index contributed by atoms with van der Waals surface area (Å²) >= 11 is 1.56. The average Bonchev–Trinajstić information content (AvgIpc) is 3.30. The molecule has 32 heavy (non-hydrogen) atoms. The Kier molecular flexibility index (Phi) is 5.90. The van der Waals surface area contributed by atoms with Gasteiger partial charge in [0.1, 0.15) is 0 Å². The standard InChI is InChI=1S/C25H24N2O4S/c28-24(15-32-21-7-5-17-3-1-2-4-19(17)13-21)27-11-9-18(10-12-27)25(29)26-20-6-8-22-23(14-20)31-16-30-22/h1-8,13-14,18H,9-12,15-16H2,(H,26,29). The number of ether oxygens (including phenoxy) is 2. The highest BCUT2D eigenvalue weighted by atomic mass is 32.2. The Bertz CT molecular complexity index is 1160. The van der Waals surface area contributed by atoms with Crippen LogP contribution in [0.2, 0.25) is 0 Å². The van der Waals surface area contributed by atoms with Crippen molar-refractivity contribution in [2.24, 2.45) is 5.92 Å². The highest BCUT2D eigenvalue weighted by Crippen LogP contribution is 2.34. The van der Waals surface area contributed by atoms with Crippen molar-refractivity contribution in [1.29, 1.82) is 0 Å². The van der Waals surface area contributed by atoms with Gasteiger partial charge in [-0.05, 0) is 47.9 Å². The van der Waals surface area contributed by atoms with E-state index in [4.69, 9.17) is 9.47 Å². The fourth-order valence-electron chi connectivity index (χ4n) is 4.10. The van der Waals surface area contributed by atoms with E-state index in [-0.39, 0.29) is 24.5 Å². The van der Waals surface area contributed by atoms with Gasteiger partial charge in [0.15, 0.2) is 11.5 Å². The molecule has 1 N–H and O–H groups in total. The van der Waals surface area contributed by atoms with E-state index >= 15 is 0 Å². The molecule has 164 valence electrons. The molecule has 0 unspecified atom stereocenters. The third kappa shape index (κ3) is 4.53. The number of thioether (sulfide) groups is 1. The van der Waals surface area contributed by atoms with E-state index in [9.17, 15) is 9.59 Å². The Labute approximate surface area is 190 Å². The van der Waals surface area contributed by atoms with Crippen LogP contribution in [0.15, 0.2) is 65.6 Å². The Balaban J connectivity index is 1.10. The molecule has 3 aromatic carbocycles. The minimum atomic E-state index is -0.0994. The maximum Gasteiger partial charge on any atom is 0.232 e. The maximum atomic E-state index is 12.7. The minimum absolute atomic E-state index is 0.0125. The number of hydrogen-bond acceptors (Lipinski definition) is 5. The zero-order valence-electron chi connectivity index (χ0n) is 17.6. The minimum Gasteiger partial charge on any atom is -0.454 e. The molecule has 2 heterocycles. The number of likely N-dealkylation sites (tertiary alicyclic amines) is 1. The first-order valence-electron chi connectivity index (χ1n) is 10.8. The summed E-state index contributed by atoms with van der Waals surface area (Å²) in [4.78, 5) is 28.3. The summed E-state index contributed by atoms with van der Waals surface area (Å²) in [6, 6.07) is 19.9. The molecule has 5 rings (SSSR count). The van der Waals surface area contributed by atoms with Gasteiger partial charge in [-0.15, -0.1) is 11.8 Å². The number of amides is 2. The molecule has 2 aliphatic heterocycles. The van der Waals surface area contributed by atoms with Crippen LogP contribution in [0.5, 0.6) is 11.5 Å². The van der Waals surface area contributed by atoms with Crippen LogP contribution in [0, 0.1) is 5.92 Å². The first-order valence-corrected chi connectivity index (χ1v) is 11.7. The zero-order valence-corrected chi connectivity index (χ0v) is 18.4. The van der Waals surface area contributed by atoms with Crippen LogP contribution in [-0.2, 0) is 9.59 Å². The third-order valence-electron chi connectivity index (χ3n) is 5.94. The smallest absolute Gasteiger partial charge is 0.232 e. The second kappa shape index (κ2) is 9.12. The van der Waals surface area contributed by atoms with Crippen molar-refractivity contribution in [2.75, 3.05) is 31.0 Å². The fourth-order valence-corrected chi connectivity index (χ4v) is 4.95. The molecule has 1 fully saturated rings. The van der Waals surface area contributed by atoms with Crippen LogP contribution < -0.4 is 14.8 Å². The second-order valence-corrected chi connectivity index (χ2v) is 9.06. The highest BCUT2D eigenvalue weighted by Gasteiger charge is 2.27. The molecule has 0 spiro atoms. The summed E-state index contributed by atoms with van der Waals surface area (Å²) in [6.45, 7) is 1.42. The van der Waals surface area contributed by atoms with Gasteiger partial charge in [-0.3, -0.25) is 9.59 Å². The molecular weight excluding hydrogens is 424 g/mol. The topological polar surface area (TPSA) is 67.9 Å². The third-order valence-corrected chi connectivity index (χ3v) is 6.92. The lowest BCUT2D eigenvalue weighted by molar-refractivity contribution is -0.132. The second-order valence-electron chi connectivity index (χ2n) is 8.01. The van der Waals surface area contributed by atoms with Crippen molar-refractivity contribution in [2.45, 2.75) is 17.7 Å². The number of nitrogens with one attached hydrogen (secondary N) is 1. The molecule has 0 atom stereocenters. The lowest BCUT2D eigenvalue weighted by atomic mass is 9.96. The first kappa shape index (κ1) is 20.7. The molecule has 0 bridgehead atoms. The van der Waals surface area contributed by atoms with Gasteiger partial charge >= 0.3 is 0 Å². The Morgan fingerprint density at radius 3 is 2.56 bits per heavy atom. The Morgan fingerprint density at radius 1 is 0.938 bits per heavy atom. The summed E-state index contributed by atoms with van der Waals surface area (Å²) < 4.78 is 10.7. The number of anilines is 1. The van der Waals surface area contributed by atoms with E-state index < -0.39 is 0 Å². The van der Waals surface area contributed by atoms with E-state index in [2.05, 4.69) is 35.6 Å². The number of benzene rings is 3. The fraction of sp³-hybridized carbons (Fsp3) is 0.280. The van der Waals surface area contributed by atoms with Gasteiger partial charge < -0.3 is 19.7 Å². The van der Waals surface area contributed by atoms with Gasteiger partial charge in [0.2, 0.25) is 18.6 Å². The zero-order chi connectivity index (χ0) is 21.9. The van der Waals surface area contributed by atoms with E-state index in [1.54, 1.807) is 23.9 Å². The van der Waals surface area contributed by atoms with Crippen molar-refractivity contribution in [3.8, 4) is 11.5 Å². The van der Waals surface area contributed by atoms with Gasteiger partial charge in [-0.25, -0.2) is 0 Å². The first-order chi connectivity index (χ1) is 15.7. The number of fused-ring (bicyclic) bond motifs is 2. The van der Waals surface area contributed by atoms with Crippen LogP contribution in [0.25, 0.3) is 10.8 Å². The van der Waals surface area contributed by atoms with Crippen LogP contribution in [0.3, 0.4) is 0 Å². The van der Waals surface area contributed by atoms with Crippen LogP contribution >= 0.6 is 11.8 Å². The normalized spacial score (nSPS) is 15.7. The molecule has 7 heteroatoms. The number of carbonyl (C=O) groups excluding carboxylic acids is 2. The summed E-state index contributed by atoms with van der Waals surface area (Å²) in [5.74, 6) is 1.76. The van der Waals surface area contributed by atoms with Gasteiger partial charge in [0.25, 0.3) is 0 Å². The lowest BCUT2D eigenvalue weighted by Gasteiger charge is -2.31. The van der Waals surface area contributed by atoms with Gasteiger partial charge in [0, 0.05) is 35.7 Å². The lowest BCUT2D eigenvalue weighted by Crippen LogP contribution is -2.42. The summed E-state index contributed by atoms with van der Waals surface area (Å²) in [6.07, 6.45) is 1.34. The highest BCUT2D eigenvalue weighted by molar-refractivity contribution is 8.00. The monoisotopic (exact) mass is 448 g/mol. The van der Waals surface area contributed by atoms with E-state index in [0.717, 1.165) is 4.90 Å². The molecule has 6 nitrogen and oxygen atoms in total. The number of piperidine rings is 1. The van der Waals surface area contributed by atoms with Gasteiger partial charge in [-0.1, -0.05) is 30.3 Å². The number of rotatable bonds is 5. The average molecular weight is 449 g/mol. The van der Waals surface area contributed by atoms with Crippen LogP contribution in [-0.4, -0.2) is 42.3 Å². The van der Waals surface area contributed by atoms with E-state index in [0.29, 0.717) is 48.9 Å². The molecule has 0 saturated carbocycles. The maximum absolute atomic E-state index is 12.7. The van der Waals surface area contributed by atoms with E-state index in [1.165, 1.54) is 10.8 Å². The molecule has 2 amide bonds. The predicted molar refractivity (Wildman–Crippen MR) is 125 cm³/mol. The molecule has 0 aliphatic carbocycles. The summed E-state index contributed by atoms with van der Waals surface area (Å²) in [5, 5.41) is 5.34. The summed E-state index contributed by atoms with van der Waals surface area (Å²) in [5.41, 5.74) is 0.699. The SMILES string of the molecule is O=C(Nc1ccc2c(c1)OCO2)C1CCN(C(=O)CSc2ccc3ccccc3c2)CC1. The molecule has 0 radical (unpaired) electrons.